The minimum atomic E-state index is -0.915. The average Bonchev–Trinajstić information content (AvgIpc) is 2.51. The Bertz CT molecular complexity index is 719. The van der Waals surface area contributed by atoms with Gasteiger partial charge in [0.2, 0.25) is 0 Å². The van der Waals surface area contributed by atoms with Crippen molar-refractivity contribution in [2.75, 3.05) is 13.6 Å². The quantitative estimate of drug-likeness (QED) is 0.646. The van der Waals surface area contributed by atoms with Crippen LogP contribution in [0.25, 0.3) is 6.08 Å². The molecule has 5 rings (SSSR count). The van der Waals surface area contributed by atoms with Gasteiger partial charge in [-0.2, -0.15) is 0 Å². The van der Waals surface area contributed by atoms with Crippen LogP contribution in [0.3, 0.4) is 0 Å². The van der Waals surface area contributed by atoms with E-state index < -0.39 is 5.97 Å². The molecule has 1 aromatic carbocycles. The van der Waals surface area contributed by atoms with E-state index in [1.165, 1.54) is 18.1 Å². The van der Waals surface area contributed by atoms with Gasteiger partial charge in [0.25, 0.3) is 0 Å². The molecular weight excluding hydrogens is 286 g/mol. The van der Waals surface area contributed by atoms with E-state index in [-0.39, 0.29) is 0 Å². The van der Waals surface area contributed by atoms with E-state index in [4.69, 9.17) is 5.11 Å². The Morgan fingerprint density at radius 2 is 2.00 bits per heavy atom. The largest absolute Gasteiger partial charge is 0.478 e. The van der Waals surface area contributed by atoms with E-state index in [0.29, 0.717) is 5.41 Å². The Hall–Kier alpha value is -2.13. The molecule has 0 saturated heterocycles. The van der Waals surface area contributed by atoms with E-state index >= 15 is 0 Å². The summed E-state index contributed by atoms with van der Waals surface area (Å²) < 4.78 is 0. The lowest BCUT2D eigenvalue weighted by molar-refractivity contribution is -0.131. The summed E-state index contributed by atoms with van der Waals surface area (Å²) in [5, 5.41) is 8.65. The van der Waals surface area contributed by atoms with Gasteiger partial charge >= 0.3 is 5.97 Å². The van der Waals surface area contributed by atoms with E-state index in [0.717, 1.165) is 31.0 Å². The molecule has 118 valence electrons. The highest BCUT2D eigenvalue weighted by molar-refractivity contribution is 5.85. The van der Waals surface area contributed by atoms with Crippen molar-refractivity contribution in [3.05, 3.63) is 64.8 Å². The molecule has 0 unspecified atom stereocenters. The molecule has 3 nitrogen and oxygen atoms in total. The smallest absolute Gasteiger partial charge is 0.328 e. The maximum atomic E-state index is 10.5. The van der Waals surface area contributed by atoms with Gasteiger partial charge < -0.3 is 10.0 Å². The molecule has 0 spiro atoms. The standard InChI is InChI=1S/C20H21NO2/c1-21(13-20-11-16-17(20)3-2-4-18(16)20)12-15-7-5-14(6-8-15)9-10-19(22)23/h3-10,16H,2,11-13H2,1H3,(H,22,23)/b10-9+. The molecule has 1 N–H and O–H groups in total. The fourth-order valence-electron chi connectivity index (χ4n) is 4.43. The normalized spacial score (nSPS) is 27.3. The molecule has 0 amide bonds. The molecule has 0 radical (unpaired) electrons. The Labute approximate surface area is 136 Å². The molecule has 1 aromatic rings. The van der Waals surface area contributed by atoms with Gasteiger partial charge in [-0.15, -0.1) is 0 Å². The minimum absolute atomic E-state index is 0.391. The number of aliphatic carboxylic acids is 1. The van der Waals surface area contributed by atoms with Gasteiger partial charge in [0.15, 0.2) is 0 Å². The second-order valence-electron chi connectivity index (χ2n) is 6.98. The van der Waals surface area contributed by atoms with Gasteiger partial charge in [0.1, 0.15) is 0 Å². The van der Waals surface area contributed by atoms with Crippen LogP contribution in [0.5, 0.6) is 0 Å². The van der Waals surface area contributed by atoms with Crippen LogP contribution in [0.2, 0.25) is 0 Å². The SMILES string of the molecule is CN(Cc1ccc(/C=C/C(=O)O)cc1)CC12CC3C1=CCC=C32. The molecule has 4 aliphatic rings. The van der Waals surface area contributed by atoms with Gasteiger partial charge in [0, 0.05) is 30.5 Å². The van der Waals surface area contributed by atoms with E-state index in [9.17, 15) is 4.79 Å². The van der Waals surface area contributed by atoms with Crippen molar-refractivity contribution in [1.82, 2.24) is 4.90 Å². The number of rotatable bonds is 6. The van der Waals surface area contributed by atoms with Crippen LogP contribution in [-0.4, -0.2) is 29.6 Å². The number of hydrogen-bond donors (Lipinski definition) is 1. The molecule has 3 heteroatoms. The number of carboxylic acids is 1. The van der Waals surface area contributed by atoms with Crippen molar-refractivity contribution in [3.8, 4) is 0 Å². The predicted octanol–water partition coefficient (Wildman–Crippen LogP) is 3.49. The molecule has 4 aliphatic carbocycles. The molecule has 0 aromatic heterocycles. The third kappa shape index (κ3) is 2.27. The summed E-state index contributed by atoms with van der Waals surface area (Å²) in [6, 6.07) is 8.12. The number of allylic oxidation sites excluding steroid dienone is 2. The van der Waals surface area contributed by atoms with Crippen LogP contribution >= 0.6 is 0 Å². The monoisotopic (exact) mass is 307 g/mol. The zero-order valence-electron chi connectivity index (χ0n) is 13.3. The van der Waals surface area contributed by atoms with Crippen LogP contribution in [0, 0.1) is 11.3 Å². The minimum Gasteiger partial charge on any atom is -0.478 e. The lowest BCUT2D eigenvalue weighted by Crippen LogP contribution is -2.62. The van der Waals surface area contributed by atoms with Crippen molar-refractivity contribution < 1.29 is 9.90 Å². The Morgan fingerprint density at radius 3 is 2.57 bits per heavy atom. The maximum Gasteiger partial charge on any atom is 0.328 e. The highest BCUT2D eigenvalue weighted by Crippen LogP contribution is 2.74. The Morgan fingerprint density at radius 1 is 1.30 bits per heavy atom. The van der Waals surface area contributed by atoms with Crippen molar-refractivity contribution in [3.63, 3.8) is 0 Å². The molecule has 23 heavy (non-hydrogen) atoms. The van der Waals surface area contributed by atoms with Crippen molar-refractivity contribution in [2.24, 2.45) is 11.3 Å². The van der Waals surface area contributed by atoms with E-state index in [1.807, 2.05) is 12.1 Å². The molecular formula is C20H21NO2. The summed E-state index contributed by atoms with van der Waals surface area (Å²) in [5.41, 5.74) is 5.96. The second-order valence-corrected chi connectivity index (χ2v) is 6.98. The summed E-state index contributed by atoms with van der Waals surface area (Å²) >= 11 is 0. The molecule has 0 heterocycles. The predicted molar refractivity (Wildman–Crippen MR) is 90.8 cm³/mol. The highest BCUT2D eigenvalue weighted by Gasteiger charge is 2.65. The van der Waals surface area contributed by atoms with Crippen LogP contribution < -0.4 is 0 Å². The highest BCUT2D eigenvalue weighted by atomic mass is 16.4. The number of hydrogen-bond acceptors (Lipinski definition) is 2. The summed E-state index contributed by atoms with van der Waals surface area (Å²) in [6.07, 6.45) is 10.1. The van der Waals surface area contributed by atoms with Crippen LogP contribution in [-0.2, 0) is 11.3 Å². The summed E-state index contributed by atoms with van der Waals surface area (Å²) in [5.74, 6) is -0.112. The van der Waals surface area contributed by atoms with E-state index in [1.54, 1.807) is 17.2 Å². The molecule has 3 saturated carbocycles. The van der Waals surface area contributed by atoms with Gasteiger partial charge in [-0.3, -0.25) is 0 Å². The maximum absolute atomic E-state index is 10.5. The van der Waals surface area contributed by atoms with Crippen LogP contribution in [0.1, 0.15) is 24.0 Å². The first-order valence-corrected chi connectivity index (χ1v) is 8.18. The van der Waals surface area contributed by atoms with Crippen molar-refractivity contribution in [1.29, 1.82) is 0 Å². The number of carbonyl (C=O) groups is 1. The van der Waals surface area contributed by atoms with Gasteiger partial charge in [-0.1, -0.05) is 47.6 Å². The van der Waals surface area contributed by atoms with Crippen molar-refractivity contribution in [2.45, 2.75) is 19.4 Å². The zero-order valence-corrected chi connectivity index (χ0v) is 13.3. The number of benzene rings is 1. The van der Waals surface area contributed by atoms with E-state index in [2.05, 4.69) is 36.2 Å². The topological polar surface area (TPSA) is 40.5 Å². The second kappa shape index (κ2) is 5.20. The van der Waals surface area contributed by atoms with Crippen LogP contribution in [0.4, 0.5) is 0 Å². The van der Waals surface area contributed by atoms with Gasteiger partial charge in [0.05, 0.1) is 0 Å². The van der Waals surface area contributed by atoms with Crippen LogP contribution in [0.15, 0.2) is 53.6 Å². The first-order chi connectivity index (χ1) is 11.1. The third-order valence-electron chi connectivity index (χ3n) is 5.47. The first kappa shape index (κ1) is 14.5. The molecule has 0 atom stereocenters. The van der Waals surface area contributed by atoms with Gasteiger partial charge in [-0.25, -0.2) is 4.79 Å². The summed E-state index contributed by atoms with van der Waals surface area (Å²) in [7, 11) is 2.19. The third-order valence-corrected chi connectivity index (χ3v) is 5.47. The van der Waals surface area contributed by atoms with Crippen molar-refractivity contribution >= 4 is 12.0 Å². The fourth-order valence-corrected chi connectivity index (χ4v) is 4.43. The number of nitrogens with zero attached hydrogens (tertiary/aromatic N) is 1. The number of carboxylic acid groups (broad SMARTS) is 1. The first-order valence-electron chi connectivity index (χ1n) is 8.18. The molecule has 0 aliphatic heterocycles. The lowest BCUT2D eigenvalue weighted by atomic mass is 9.36. The Kier molecular flexibility index (Phi) is 3.27. The fraction of sp³-hybridized carbons (Fsp3) is 0.350. The molecule has 4 bridgehead atoms. The summed E-state index contributed by atoms with van der Waals surface area (Å²) in [6.45, 7) is 2.04. The zero-order chi connectivity index (χ0) is 16.0. The molecule has 3 fully saturated rings. The lowest BCUT2D eigenvalue weighted by Gasteiger charge is -2.69. The average molecular weight is 307 g/mol. The van der Waals surface area contributed by atoms with Gasteiger partial charge in [-0.05, 0) is 37.1 Å². The Balaban J connectivity index is 1.37. The summed E-state index contributed by atoms with van der Waals surface area (Å²) in [4.78, 5) is 12.9.